The highest BCUT2D eigenvalue weighted by atomic mass is 35.5. The molecule has 0 saturated heterocycles. The number of halogens is 1. The number of hydrogen-bond donors (Lipinski definition) is 4. The summed E-state index contributed by atoms with van der Waals surface area (Å²) < 4.78 is 0. The molecule has 1 unspecified atom stereocenters. The molecule has 0 radical (unpaired) electrons. The largest absolute Gasteiger partial charge is 0.370 e. The molecule has 0 aromatic heterocycles. The van der Waals surface area contributed by atoms with Gasteiger partial charge in [0.05, 0.1) is 23.2 Å². The molecule has 0 aliphatic carbocycles. The minimum absolute atomic E-state index is 0.234. The molecule has 1 aromatic carbocycles. The quantitative estimate of drug-likeness (QED) is 0.602. The van der Waals surface area contributed by atoms with Crippen LogP contribution in [-0.4, -0.2) is 30.8 Å². The van der Waals surface area contributed by atoms with Crippen molar-refractivity contribution in [2.24, 2.45) is 11.5 Å². The molecule has 0 bridgehead atoms. The van der Waals surface area contributed by atoms with Crippen molar-refractivity contribution in [2.45, 2.75) is 12.5 Å². The number of carbonyl (C=O) groups is 3. The Morgan fingerprint density at radius 1 is 1.35 bits per heavy atom. The van der Waals surface area contributed by atoms with Gasteiger partial charge in [-0.25, -0.2) is 0 Å². The van der Waals surface area contributed by atoms with Gasteiger partial charge in [-0.3, -0.25) is 14.4 Å². The van der Waals surface area contributed by atoms with Gasteiger partial charge in [-0.05, 0) is 18.2 Å². The summed E-state index contributed by atoms with van der Waals surface area (Å²) in [5.74, 6) is -1.61. The zero-order valence-corrected chi connectivity index (χ0v) is 11.5. The third-order valence-electron chi connectivity index (χ3n) is 2.47. The van der Waals surface area contributed by atoms with Crippen molar-refractivity contribution in [1.29, 1.82) is 0 Å². The van der Waals surface area contributed by atoms with Crippen LogP contribution in [0.1, 0.15) is 16.8 Å². The lowest BCUT2D eigenvalue weighted by atomic mass is 10.1. The minimum Gasteiger partial charge on any atom is -0.370 e. The average Bonchev–Trinajstić information content (AvgIpc) is 2.39. The maximum Gasteiger partial charge on any atom is 0.251 e. The second-order valence-corrected chi connectivity index (χ2v) is 4.45. The summed E-state index contributed by atoms with van der Waals surface area (Å²) in [6.45, 7) is 0. The highest BCUT2D eigenvalue weighted by molar-refractivity contribution is 6.34. The summed E-state index contributed by atoms with van der Waals surface area (Å²) in [5.41, 5.74) is 11.0. The van der Waals surface area contributed by atoms with Gasteiger partial charge in [-0.2, -0.15) is 0 Å². The number of amides is 3. The Morgan fingerprint density at radius 3 is 2.55 bits per heavy atom. The average molecular weight is 299 g/mol. The van der Waals surface area contributed by atoms with Crippen LogP contribution in [0.25, 0.3) is 0 Å². The summed E-state index contributed by atoms with van der Waals surface area (Å²) in [6, 6.07) is 3.32. The summed E-state index contributed by atoms with van der Waals surface area (Å²) in [6.07, 6.45) is -0.279. The Hall–Kier alpha value is -2.12. The van der Waals surface area contributed by atoms with E-state index in [0.29, 0.717) is 5.56 Å². The molecular weight excluding hydrogens is 284 g/mol. The fourth-order valence-electron chi connectivity index (χ4n) is 1.44. The van der Waals surface area contributed by atoms with Gasteiger partial charge in [-0.1, -0.05) is 11.6 Å². The molecule has 0 spiro atoms. The first-order chi connectivity index (χ1) is 9.35. The van der Waals surface area contributed by atoms with Gasteiger partial charge in [0.1, 0.15) is 0 Å². The van der Waals surface area contributed by atoms with Crippen molar-refractivity contribution in [1.82, 2.24) is 5.32 Å². The standard InChI is InChI=1S/C12H15ClN4O3/c1-16-11(19)6-2-3-7(13)9(4-6)17-12(20)8(14)5-10(15)18/h2-4,8H,5,14H2,1H3,(H2,15,18)(H,16,19)(H,17,20). The molecule has 1 aromatic rings. The van der Waals surface area contributed by atoms with E-state index in [1.807, 2.05) is 0 Å². The van der Waals surface area contributed by atoms with Gasteiger partial charge in [0.15, 0.2) is 0 Å². The van der Waals surface area contributed by atoms with E-state index < -0.39 is 17.9 Å². The Bertz CT molecular complexity index is 548. The van der Waals surface area contributed by atoms with Crippen LogP contribution in [0.3, 0.4) is 0 Å². The van der Waals surface area contributed by atoms with Crippen LogP contribution >= 0.6 is 11.6 Å². The molecule has 3 amide bonds. The van der Waals surface area contributed by atoms with Crippen molar-refractivity contribution in [3.8, 4) is 0 Å². The van der Waals surface area contributed by atoms with Crippen LogP contribution in [0.4, 0.5) is 5.69 Å². The van der Waals surface area contributed by atoms with Gasteiger partial charge >= 0.3 is 0 Å². The fourth-order valence-corrected chi connectivity index (χ4v) is 1.61. The van der Waals surface area contributed by atoms with E-state index in [-0.39, 0.29) is 23.0 Å². The van der Waals surface area contributed by atoms with Crippen molar-refractivity contribution in [3.05, 3.63) is 28.8 Å². The van der Waals surface area contributed by atoms with Crippen LogP contribution in [0.5, 0.6) is 0 Å². The Kier molecular flexibility index (Phi) is 5.48. The lowest BCUT2D eigenvalue weighted by molar-refractivity contribution is -0.123. The molecule has 1 atom stereocenters. The SMILES string of the molecule is CNC(=O)c1ccc(Cl)c(NC(=O)C(N)CC(N)=O)c1. The second-order valence-electron chi connectivity index (χ2n) is 4.04. The van der Waals surface area contributed by atoms with Gasteiger partial charge in [0, 0.05) is 12.6 Å². The van der Waals surface area contributed by atoms with Crippen LogP contribution in [0.2, 0.25) is 5.02 Å². The molecular formula is C12H15ClN4O3. The van der Waals surface area contributed by atoms with Gasteiger partial charge in [0.2, 0.25) is 11.8 Å². The second kappa shape index (κ2) is 6.88. The highest BCUT2D eigenvalue weighted by Gasteiger charge is 2.17. The Balaban J connectivity index is 2.88. The molecule has 0 saturated carbocycles. The lowest BCUT2D eigenvalue weighted by Crippen LogP contribution is -2.39. The predicted octanol–water partition coefficient (Wildman–Crippen LogP) is -0.159. The van der Waals surface area contributed by atoms with Crippen molar-refractivity contribution in [2.75, 3.05) is 12.4 Å². The van der Waals surface area contributed by atoms with E-state index in [1.54, 1.807) is 0 Å². The molecule has 0 fully saturated rings. The molecule has 7 nitrogen and oxygen atoms in total. The lowest BCUT2D eigenvalue weighted by Gasteiger charge is -2.12. The zero-order valence-electron chi connectivity index (χ0n) is 10.8. The van der Waals surface area contributed by atoms with Crippen LogP contribution in [0, 0.1) is 0 Å². The molecule has 0 aliphatic rings. The Morgan fingerprint density at radius 2 is 2.00 bits per heavy atom. The molecule has 8 heteroatoms. The topological polar surface area (TPSA) is 127 Å². The maximum atomic E-state index is 11.7. The van der Waals surface area contributed by atoms with Crippen molar-refractivity contribution < 1.29 is 14.4 Å². The van der Waals surface area contributed by atoms with Crippen LogP contribution < -0.4 is 22.1 Å². The number of benzene rings is 1. The zero-order chi connectivity index (χ0) is 15.3. The van der Waals surface area contributed by atoms with E-state index in [9.17, 15) is 14.4 Å². The number of primary amides is 1. The van der Waals surface area contributed by atoms with E-state index in [1.165, 1.54) is 25.2 Å². The number of anilines is 1. The fraction of sp³-hybridized carbons (Fsp3) is 0.250. The number of rotatable bonds is 5. The highest BCUT2D eigenvalue weighted by Crippen LogP contribution is 2.23. The number of nitrogens with one attached hydrogen (secondary N) is 2. The van der Waals surface area contributed by atoms with Gasteiger partial charge in [-0.15, -0.1) is 0 Å². The van der Waals surface area contributed by atoms with Gasteiger partial charge < -0.3 is 22.1 Å². The molecule has 0 heterocycles. The number of carbonyl (C=O) groups excluding carboxylic acids is 3. The van der Waals surface area contributed by atoms with Gasteiger partial charge in [0.25, 0.3) is 5.91 Å². The maximum absolute atomic E-state index is 11.7. The monoisotopic (exact) mass is 298 g/mol. The van der Waals surface area contributed by atoms with E-state index in [4.69, 9.17) is 23.1 Å². The van der Waals surface area contributed by atoms with E-state index >= 15 is 0 Å². The predicted molar refractivity (Wildman–Crippen MR) is 75.3 cm³/mol. The first-order valence-corrected chi connectivity index (χ1v) is 6.09. The third-order valence-corrected chi connectivity index (χ3v) is 2.80. The third kappa shape index (κ3) is 4.22. The molecule has 20 heavy (non-hydrogen) atoms. The van der Waals surface area contributed by atoms with Crippen LogP contribution in [-0.2, 0) is 9.59 Å². The van der Waals surface area contributed by atoms with Crippen molar-refractivity contribution >= 4 is 35.0 Å². The van der Waals surface area contributed by atoms with E-state index in [0.717, 1.165) is 0 Å². The molecule has 6 N–H and O–H groups in total. The molecule has 108 valence electrons. The first kappa shape index (κ1) is 15.9. The summed E-state index contributed by atoms with van der Waals surface area (Å²) >= 11 is 5.92. The molecule has 0 aliphatic heterocycles. The summed E-state index contributed by atoms with van der Waals surface area (Å²) in [7, 11) is 1.48. The van der Waals surface area contributed by atoms with Crippen LogP contribution in [0.15, 0.2) is 18.2 Å². The number of hydrogen-bond acceptors (Lipinski definition) is 4. The molecule has 1 rings (SSSR count). The minimum atomic E-state index is -1.08. The van der Waals surface area contributed by atoms with Crippen molar-refractivity contribution in [3.63, 3.8) is 0 Å². The smallest absolute Gasteiger partial charge is 0.251 e. The normalized spacial score (nSPS) is 11.6. The number of nitrogens with two attached hydrogens (primary N) is 2. The summed E-state index contributed by atoms with van der Waals surface area (Å²) in [4.78, 5) is 33.9. The summed E-state index contributed by atoms with van der Waals surface area (Å²) in [5, 5.41) is 5.15. The van der Waals surface area contributed by atoms with E-state index in [2.05, 4.69) is 10.6 Å². The first-order valence-electron chi connectivity index (χ1n) is 5.71. The Labute approximate surface area is 120 Å².